The SMILES string of the molecule is CCC(Sc1cccc(NC(=O)/C(=C\c2ccc(O)cc2OC)NC(=O)c2ccccc2)c1)C(=O)Nc1cc(C)cc(C)c1. The molecule has 0 aliphatic heterocycles. The van der Waals surface area contributed by atoms with Gasteiger partial charge in [0, 0.05) is 33.5 Å². The lowest BCUT2D eigenvalue weighted by Gasteiger charge is -2.16. The van der Waals surface area contributed by atoms with E-state index in [9.17, 15) is 19.5 Å². The van der Waals surface area contributed by atoms with Crippen molar-refractivity contribution >= 4 is 46.9 Å². The predicted molar refractivity (Wildman–Crippen MR) is 176 cm³/mol. The van der Waals surface area contributed by atoms with Crippen LogP contribution in [0.2, 0.25) is 0 Å². The van der Waals surface area contributed by atoms with Gasteiger partial charge in [-0.25, -0.2) is 0 Å². The zero-order valence-electron chi connectivity index (χ0n) is 25.0. The molecule has 0 fully saturated rings. The number of phenolic OH excluding ortho intramolecular Hbond substituents is 1. The monoisotopic (exact) mass is 609 g/mol. The molecule has 0 heterocycles. The topological polar surface area (TPSA) is 117 Å². The Balaban J connectivity index is 1.54. The van der Waals surface area contributed by atoms with Crippen LogP contribution < -0.4 is 20.7 Å². The summed E-state index contributed by atoms with van der Waals surface area (Å²) in [5.41, 5.74) is 4.22. The van der Waals surface area contributed by atoms with Gasteiger partial charge in [0.05, 0.1) is 12.4 Å². The summed E-state index contributed by atoms with van der Waals surface area (Å²) in [6, 6.07) is 26.1. The van der Waals surface area contributed by atoms with Crippen molar-refractivity contribution in [2.45, 2.75) is 37.3 Å². The van der Waals surface area contributed by atoms with E-state index in [4.69, 9.17) is 4.74 Å². The second-order valence-corrected chi connectivity index (χ2v) is 11.4. The van der Waals surface area contributed by atoms with Gasteiger partial charge in [0.25, 0.3) is 11.8 Å². The van der Waals surface area contributed by atoms with Gasteiger partial charge < -0.3 is 25.8 Å². The summed E-state index contributed by atoms with van der Waals surface area (Å²) in [5, 5.41) is 18.1. The molecule has 0 saturated carbocycles. The predicted octanol–water partition coefficient (Wildman–Crippen LogP) is 6.94. The minimum atomic E-state index is -0.564. The molecule has 9 heteroatoms. The Morgan fingerprint density at radius 1 is 0.864 bits per heavy atom. The van der Waals surface area contributed by atoms with Crippen LogP contribution in [0.25, 0.3) is 6.08 Å². The highest BCUT2D eigenvalue weighted by Gasteiger charge is 2.20. The van der Waals surface area contributed by atoms with Crippen molar-refractivity contribution in [1.82, 2.24) is 5.32 Å². The minimum absolute atomic E-state index is 0.000647. The first-order chi connectivity index (χ1) is 21.1. The zero-order valence-corrected chi connectivity index (χ0v) is 25.8. The van der Waals surface area contributed by atoms with Crippen molar-refractivity contribution in [1.29, 1.82) is 0 Å². The number of hydrogen-bond acceptors (Lipinski definition) is 6. The maximum Gasteiger partial charge on any atom is 0.272 e. The molecule has 3 amide bonds. The third-order valence-electron chi connectivity index (χ3n) is 6.57. The Hall–Kier alpha value is -5.02. The quantitative estimate of drug-likeness (QED) is 0.108. The normalized spacial score (nSPS) is 11.8. The van der Waals surface area contributed by atoms with Crippen LogP contribution in [0.3, 0.4) is 0 Å². The van der Waals surface area contributed by atoms with Crippen molar-refractivity contribution in [3.05, 3.63) is 119 Å². The van der Waals surface area contributed by atoms with Crippen molar-refractivity contribution in [3.8, 4) is 11.5 Å². The highest BCUT2D eigenvalue weighted by atomic mass is 32.2. The van der Waals surface area contributed by atoms with E-state index in [1.807, 2.05) is 39.0 Å². The molecule has 0 saturated heterocycles. The number of thioether (sulfide) groups is 1. The van der Waals surface area contributed by atoms with E-state index in [1.165, 1.54) is 37.1 Å². The first kappa shape index (κ1) is 31.9. The molecule has 0 aliphatic carbocycles. The highest BCUT2D eigenvalue weighted by Crippen LogP contribution is 2.30. The number of anilines is 2. The van der Waals surface area contributed by atoms with Crippen LogP contribution in [-0.2, 0) is 9.59 Å². The number of ether oxygens (including phenoxy) is 1. The number of rotatable bonds is 11. The average molecular weight is 610 g/mol. The molecule has 4 N–H and O–H groups in total. The van der Waals surface area contributed by atoms with E-state index >= 15 is 0 Å². The van der Waals surface area contributed by atoms with Crippen molar-refractivity contribution in [2.24, 2.45) is 0 Å². The molecule has 0 aliphatic rings. The lowest BCUT2D eigenvalue weighted by atomic mass is 10.1. The minimum Gasteiger partial charge on any atom is -0.508 e. The van der Waals surface area contributed by atoms with Crippen LogP contribution in [0.15, 0.2) is 102 Å². The summed E-state index contributed by atoms with van der Waals surface area (Å²) < 4.78 is 5.36. The van der Waals surface area contributed by atoms with E-state index < -0.39 is 11.8 Å². The maximum atomic E-state index is 13.6. The number of aromatic hydroxyl groups is 1. The molecule has 4 aromatic carbocycles. The van der Waals surface area contributed by atoms with E-state index in [2.05, 4.69) is 22.0 Å². The van der Waals surface area contributed by atoms with Gasteiger partial charge in [-0.15, -0.1) is 11.8 Å². The summed E-state index contributed by atoms with van der Waals surface area (Å²) in [4.78, 5) is 40.5. The summed E-state index contributed by atoms with van der Waals surface area (Å²) in [6.45, 7) is 5.93. The Kier molecular flexibility index (Phi) is 10.8. The van der Waals surface area contributed by atoms with Gasteiger partial charge in [0.15, 0.2) is 0 Å². The number of carbonyl (C=O) groups excluding carboxylic acids is 3. The summed E-state index contributed by atoms with van der Waals surface area (Å²) in [7, 11) is 1.45. The van der Waals surface area contributed by atoms with E-state index in [-0.39, 0.29) is 22.6 Å². The standard InChI is InChI=1S/C35H35N3O5S/c1-5-32(35(42)37-27-17-22(2)16-23(3)18-27)44-29-13-9-12-26(20-29)36-34(41)30(38-33(40)24-10-7-6-8-11-24)19-25-14-15-28(39)21-31(25)43-4/h6-21,32,39H,5H2,1-4H3,(H,36,41)(H,37,42)(H,38,40)/b30-19+. The van der Waals surface area contributed by atoms with E-state index in [0.717, 1.165) is 21.7 Å². The van der Waals surface area contributed by atoms with Gasteiger partial charge in [0.1, 0.15) is 17.2 Å². The van der Waals surface area contributed by atoms with Gasteiger partial charge in [-0.05, 0) is 92.1 Å². The van der Waals surface area contributed by atoms with Gasteiger partial charge in [-0.3, -0.25) is 14.4 Å². The summed E-state index contributed by atoms with van der Waals surface area (Å²) in [6.07, 6.45) is 2.09. The first-order valence-corrected chi connectivity index (χ1v) is 15.0. The first-order valence-electron chi connectivity index (χ1n) is 14.1. The number of hydrogen-bond donors (Lipinski definition) is 4. The fraction of sp³-hybridized carbons (Fsp3) is 0.171. The molecule has 4 rings (SSSR count). The fourth-order valence-corrected chi connectivity index (χ4v) is 5.53. The molecule has 4 aromatic rings. The number of methoxy groups -OCH3 is 1. The van der Waals surface area contributed by atoms with Crippen molar-refractivity contribution in [2.75, 3.05) is 17.7 Å². The second-order valence-electron chi connectivity index (χ2n) is 10.2. The Labute approximate surface area is 261 Å². The van der Waals surface area contributed by atoms with Crippen molar-refractivity contribution < 1.29 is 24.2 Å². The lowest BCUT2D eigenvalue weighted by molar-refractivity contribution is -0.116. The second kappa shape index (κ2) is 14.9. The average Bonchev–Trinajstić information content (AvgIpc) is 3.00. The van der Waals surface area contributed by atoms with E-state index in [0.29, 0.717) is 29.0 Å². The molecular formula is C35H35N3O5S. The maximum absolute atomic E-state index is 13.6. The molecule has 0 bridgehead atoms. The molecule has 0 aromatic heterocycles. The molecule has 8 nitrogen and oxygen atoms in total. The molecule has 226 valence electrons. The largest absolute Gasteiger partial charge is 0.508 e. The van der Waals surface area contributed by atoms with Crippen LogP contribution in [0, 0.1) is 13.8 Å². The number of benzene rings is 4. The zero-order chi connectivity index (χ0) is 31.6. The molecule has 1 atom stereocenters. The van der Waals surface area contributed by atoms with E-state index in [1.54, 1.807) is 54.6 Å². The van der Waals surface area contributed by atoms with Gasteiger partial charge in [-0.2, -0.15) is 0 Å². The van der Waals surface area contributed by atoms with Gasteiger partial charge >= 0.3 is 0 Å². The smallest absolute Gasteiger partial charge is 0.272 e. The summed E-state index contributed by atoms with van der Waals surface area (Å²) in [5.74, 6) is -0.803. The molecule has 1 unspecified atom stereocenters. The van der Waals surface area contributed by atoms with Crippen LogP contribution in [-0.4, -0.2) is 35.2 Å². The summed E-state index contributed by atoms with van der Waals surface area (Å²) >= 11 is 1.40. The Morgan fingerprint density at radius 2 is 1.59 bits per heavy atom. The third kappa shape index (κ3) is 8.75. The molecular weight excluding hydrogens is 574 g/mol. The highest BCUT2D eigenvalue weighted by molar-refractivity contribution is 8.00. The van der Waals surface area contributed by atoms with Gasteiger partial charge in [-0.1, -0.05) is 37.3 Å². The third-order valence-corrected chi connectivity index (χ3v) is 7.93. The fourth-order valence-electron chi connectivity index (χ4n) is 4.52. The molecule has 0 radical (unpaired) electrons. The lowest BCUT2D eigenvalue weighted by Crippen LogP contribution is -2.30. The number of nitrogens with one attached hydrogen (secondary N) is 3. The van der Waals surface area contributed by atoms with Crippen LogP contribution in [0.5, 0.6) is 11.5 Å². The van der Waals surface area contributed by atoms with Crippen LogP contribution >= 0.6 is 11.8 Å². The Morgan fingerprint density at radius 3 is 2.27 bits per heavy atom. The number of carbonyl (C=O) groups is 3. The number of amides is 3. The molecule has 0 spiro atoms. The van der Waals surface area contributed by atoms with Gasteiger partial charge in [0.2, 0.25) is 5.91 Å². The van der Waals surface area contributed by atoms with Crippen LogP contribution in [0.4, 0.5) is 11.4 Å². The van der Waals surface area contributed by atoms with Crippen LogP contribution in [0.1, 0.15) is 40.4 Å². The van der Waals surface area contributed by atoms with Crippen molar-refractivity contribution in [3.63, 3.8) is 0 Å². The number of aryl methyl sites for hydroxylation is 2. The number of phenols is 1. The molecule has 44 heavy (non-hydrogen) atoms. The Bertz CT molecular complexity index is 1670.